The van der Waals surface area contributed by atoms with Crippen LogP contribution in [0.15, 0.2) is 97.1 Å². The highest BCUT2D eigenvalue weighted by atomic mass is 16.5. The minimum Gasteiger partial charge on any atom is -0.493 e. The molecule has 0 aliphatic carbocycles. The minimum atomic E-state index is 0.449. The molecule has 3 nitrogen and oxygen atoms in total. The Balaban J connectivity index is 1.17. The summed E-state index contributed by atoms with van der Waals surface area (Å²) in [6.45, 7) is 2.20. The molecule has 170 valence electrons. The van der Waals surface area contributed by atoms with Crippen molar-refractivity contribution in [2.75, 3.05) is 18.2 Å². The Hall–Kier alpha value is -3.72. The van der Waals surface area contributed by atoms with E-state index in [2.05, 4.69) is 95.9 Å². The van der Waals surface area contributed by atoms with Crippen LogP contribution in [0, 0.1) is 0 Å². The maximum absolute atomic E-state index is 6.23. The van der Waals surface area contributed by atoms with Gasteiger partial charge in [0.25, 0.3) is 0 Å². The Morgan fingerprint density at radius 3 is 2.15 bits per heavy atom. The van der Waals surface area contributed by atoms with E-state index in [1.165, 1.54) is 33.5 Å². The van der Waals surface area contributed by atoms with Crippen molar-refractivity contribution in [2.45, 2.75) is 31.7 Å². The van der Waals surface area contributed by atoms with Crippen LogP contribution in [0.25, 0.3) is 0 Å². The van der Waals surface area contributed by atoms with Crippen molar-refractivity contribution < 1.29 is 9.47 Å². The Bertz CT molecular complexity index is 1270. The zero-order valence-corrected chi connectivity index (χ0v) is 19.3. The van der Waals surface area contributed by atoms with Gasteiger partial charge in [-0.25, -0.2) is 0 Å². The van der Waals surface area contributed by atoms with E-state index in [9.17, 15) is 0 Å². The summed E-state index contributed by atoms with van der Waals surface area (Å²) in [4.78, 5) is 2.27. The summed E-state index contributed by atoms with van der Waals surface area (Å²) in [5.41, 5.74) is 7.78. The summed E-state index contributed by atoms with van der Waals surface area (Å²) in [7, 11) is 0. The van der Waals surface area contributed by atoms with E-state index in [0.717, 1.165) is 43.9 Å². The fraction of sp³-hybridized carbons (Fsp3) is 0.226. The van der Waals surface area contributed by atoms with Crippen molar-refractivity contribution >= 4 is 5.69 Å². The molecule has 0 saturated heterocycles. The highest BCUT2D eigenvalue weighted by molar-refractivity contribution is 5.51. The normalized spacial score (nSPS) is 17.1. The molecule has 0 N–H and O–H groups in total. The monoisotopic (exact) mass is 447 g/mol. The number of aryl methyl sites for hydroxylation is 1. The molecule has 0 aromatic heterocycles. The Labute approximate surface area is 201 Å². The fourth-order valence-electron chi connectivity index (χ4n) is 5.12. The van der Waals surface area contributed by atoms with Crippen LogP contribution in [0.2, 0.25) is 0 Å². The predicted octanol–water partition coefficient (Wildman–Crippen LogP) is 6.74. The Kier molecular flexibility index (Phi) is 5.68. The van der Waals surface area contributed by atoms with Gasteiger partial charge in [-0.2, -0.15) is 0 Å². The maximum atomic E-state index is 6.23. The summed E-state index contributed by atoms with van der Waals surface area (Å²) in [5, 5.41) is 0. The number of fused-ring (bicyclic) bond motifs is 2. The van der Waals surface area contributed by atoms with Crippen molar-refractivity contribution in [3.8, 4) is 11.5 Å². The molecule has 2 aliphatic rings. The molecule has 4 aromatic carbocycles. The summed E-state index contributed by atoms with van der Waals surface area (Å²) >= 11 is 0. The second-order valence-corrected chi connectivity index (χ2v) is 9.33. The van der Waals surface area contributed by atoms with E-state index in [0.29, 0.717) is 12.6 Å². The number of ether oxygens (including phenoxy) is 2. The number of hydrogen-bond acceptors (Lipinski definition) is 3. The van der Waals surface area contributed by atoms with Crippen LogP contribution in [0.1, 0.15) is 40.2 Å². The molecule has 34 heavy (non-hydrogen) atoms. The van der Waals surface area contributed by atoms with E-state index in [-0.39, 0.29) is 0 Å². The van der Waals surface area contributed by atoms with Gasteiger partial charge in [0, 0.05) is 23.7 Å². The van der Waals surface area contributed by atoms with Gasteiger partial charge in [-0.15, -0.1) is 0 Å². The average molecular weight is 448 g/mol. The lowest BCUT2D eigenvalue weighted by Crippen LogP contribution is -2.31. The molecule has 1 atom stereocenters. The van der Waals surface area contributed by atoms with E-state index in [1.54, 1.807) is 0 Å². The Morgan fingerprint density at radius 2 is 1.38 bits per heavy atom. The van der Waals surface area contributed by atoms with E-state index in [1.807, 2.05) is 6.07 Å². The average Bonchev–Trinajstić information content (AvgIpc) is 3.12. The predicted molar refractivity (Wildman–Crippen MR) is 137 cm³/mol. The molecular formula is C31H29NO2. The van der Waals surface area contributed by atoms with Crippen LogP contribution in [-0.2, 0) is 19.4 Å². The fourth-order valence-corrected chi connectivity index (χ4v) is 5.12. The van der Waals surface area contributed by atoms with Crippen LogP contribution >= 0.6 is 0 Å². The highest BCUT2D eigenvalue weighted by Crippen LogP contribution is 2.33. The summed E-state index contributed by atoms with van der Waals surface area (Å²) in [6, 6.07) is 34.6. The zero-order valence-electron chi connectivity index (χ0n) is 19.3. The third kappa shape index (κ3) is 4.38. The molecule has 0 spiro atoms. The molecule has 0 bridgehead atoms. The van der Waals surface area contributed by atoms with Gasteiger partial charge in [0.2, 0.25) is 0 Å². The smallest absolute Gasteiger partial charge is 0.161 e. The molecule has 4 aromatic rings. The SMILES string of the molecule is c1ccc(C2CCc3cc(Cc4ccc5c(c4)CN(c4ccccc4)CO5)ccc3OC2)cc1. The highest BCUT2D eigenvalue weighted by Gasteiger charge is 2.20. The van der Waals surface area contributed by atoms with Crippen molar-refractivity contribution in [2.24, 2.45) is 0 Å². The second kappa shape index (κ2) is 9.26. The van der Waals surface area contributed by atoms with Gasteiger partial charge < -0.3 is 14.4 Å². The molecule has 0 saturated carbocycles. The lowest BCUT2D eigenvalue weighted by molar-refractivity contribution is 0.289. The minimum absolute atomic E-state index is 0.449. The van der Waals surface area contributed by atoms with Crippen molar-refractivity contribution in [3.05, 3.63) is 125 Å². The quantitative estimate of drug-likeness (QED) is 0.346. The summed E-state index contributed by atoms with van der Waals surface area (Å²) < 4.78 is 12.3. The number of nitrogens with zero attached hydrogens (tertiary/aromatic N) is 1. The van der Waals surface area contributed by atoms with Gasteiger partial charge in [0.15, 0.2) is 6.73 Å². The first-order valence-electron chi connectivity index (χ1n) is 12.2. The summed E-state index contributed by atoms with van der Waals surface area (Å²) in [6.07, 6.45) is 3.08. The van der Waals surface area contributed by atoms with E-state index in [4.69, 9.17) is 9.47 Å². The van der Waals surface area contributed by atoms with Gasteiger partial charge in [-0.1, -0.05) is 66.7 Å². The van der Waals surface area contributed by atoms with E-state index >= 15 is 0 Å². The third-order valence-electron chi connectivity index (χ3n) is 6.99. The molecule has 0 fully saturated rings. The molecule has 1 unspecified atom stereocenters. The first kappa shape index (κ1) is 20.9. The van der Waals surface area contributed by atoms with Crippen LogP contribution in [0.3, 0.4) is 0 Å². The first-order valence-corrected chi connectivity index (χ1v) is 12.2. The van der Waals surface area contributed by atoms with E-state index < -0.39 is 0 Å². The first-order chi connectivity index (χ1) is 16.8. The molecule has 3 heteroatoms. The van der Waals surface area contributed by atoms with Crippen molar-refractivity contribution in [3.63, 3.8) is 0 Å². The number of hydrogen-bond donors (Lipinski definition) is 0. The van der Waals surface area contributed by atoms with Crippen LogP contribution in [-0.4, -0.2) is 13.3 Å². The second-order valence-electron chi connectivity index (χ2n) is 9.33. The van der Waals surface area contributed by atoms with Crippen LogP contribution in [0.4, 0.5) is 5.69 Å². The molecule has 2 aliphatic heterocycles. The molecule has 0 radical (unpaired) electrons. The zero-order chi connectivity index (χ0) is 22.7. The van der Waals surface area contributed by atoms with Crippen LogP contribution in [0.5, 0.6) is 11.5 Å². The van der Waals surface area contributed by atoms with Crippen molar-refractivity contribution in [1.29, 1.82) is 0 Å². The maximum Gasteiger partial charge on any atom is 0.161 e. The lowest BCUT2D eigenvalue weighted by atomic mass is 9.93. The number of para-hydroxylation sites is 1. The van der Waals surface area contributed by atoms with Gasteiger partial charge in [-0.3, -0.25) is 0 Å². The molecule has 6 rings (SSSR count). The Morgan fingerprint density at radius 1 is 0.706 bits per heavy atom. The van der Waals surface area contributed by atoms with Gasteiger partial charge in [0.05, 0.1) is 6.61 Å². The summed E-state index contributed by atoms with van der Waals surface area (Å²) in [5.74, 6) is 2.49. The number of benzene rings is 4. The van der Waals surface area contributed by atoms with Gasteiger partial charge in [0.1, 0.15) is 11.5 Å². The van der Waals surface area contributed by atoms with Gasteiger partial charge >= 0.3 is 0 Å². The van der Waals surface area contributed by atoms with Crippen molar-refractivity contribution in [1.82, 2.24) is 0 Å². The number of anilines is 1. The third-order valence-corrected chi connectivity index (χ3v) is 6.99. The lowest BCUT2D eigenvalue weighted by Gasteiger charge is -2.31. The van der Waals surface area contributed by atoms with Crippen LogP contribution < -0.4 is 14.4 Å². The number of rotatable bonds is 4. The molecule has 0 amide bonds. The van der Waals surface area contributed by atoms with Gasteiger partial charge in [-0.05, 0) is 71.8 Å². The standard InChI is InChI=1S/C31H29NO2/c1-3-7-25(8-4-1)27-14-13-26-18-23(11-15-30(26)33-21-27)17-24-12-16-31-28(19-24)20-32(22-34-31)29-9-5-2-6-10-29/h1-12,15-16,18-19,27H,13-14,17,20-22H2. The molecule has 2 heterocycles. The largest absolute Gasteiger partial charge is 0.493 e. The molecular weight excluding hydrogens is 418 g/mol. The topological polar surface area (TPSA) is 21.7 Å².